The molecule has 0 saturated carbocycles. The number of benzene rings is 1. The van der Waals surface area contributed by atoms with Crippen molar-refractivity contribution in [3.63, 3.8) is 0 Å². The van der Waals surface area contributed by atoms with E-state index in [-0.39, 0.29) is 5.82 Å². The molecular formula is C17H14FN5O. The van der Waals surface area contributed by atoms with Crippen LogP contribution in [-0.4, -0.2) is 33.7 Å². The van der Waals surface area contributed by atoms with Gasteiger partial charge in [0.25, 0.3) is 0 Å². The third kappa shape index (κ3) is 2.30. The molecule has 3 aromatic heterocycles. The van der Waals surface area contributed by atoms with E-state index in [0.717, 1.165) is 22.7 Å². The summed E-state index contributed by atoms with van der Waals surface area (Å²) in [6.45, 7) is 0. The van der Waals surface area contributed by atoms with Crippen LogP contribution in [0.5, 0.6) is 0 Å². The number of hydrogen-bond acceptors (Lipinski definition) is 5. The van der Waals surface area contributed by atoms with Crippen molar-refractivity contribution in [3.05, 3.63) is 54.8 Å². The number of aromatic nitrogens is 4. The van der Waals surface area contributed by atoms with Crippen molar-refractivity contribution in [2.24, 2.45) is 0 Å². The Hall–Kier alpha value is -3.22. The van der Waals surface area contributed by atoms with E-state index in [1.807, 2.05) is 41.7 Å². The zero-order valence-electron chi connectivity index (χ0n) is 13.1. The molecule has 120 valence electrons. The van der Waals surface area contributed by atoms with E-state index in [2.05, 4.69) is 15.2 Å². The predicted octanol–water partition coefficient (Wildman–Crippen LogP) is 3.26. The number of hydrogen-bond donors (Lipinski definition) is 0. The molecule has 0 radical (unpaired) electrons. The maximum atomic E-state index is 13.1. The van der Waals surface area contributed by atoms with Crippen LogP contribution >= 0.6 is 0 Å². The largest absolute Gasteiger partial charge is 0.443 e. The first-order chi connectivity index (χ1) is 11.6. The number of halogens is 1. The summed E-state index contributed by atoms with van der Waals surface area (Å²) in [5, 5.41) is 8.29. The third-order valence-electron chi connectivity index (χ3n) is 3.73. The van der Waals surface area contributed by atoms with Crippen LogP contribution in [-0.2, 0) is 0 Å². The third-order valence-corrected chi connectivity index (χ3v) is 3.73. The van der Waals surface area contributed by atoms with Crippen LogP contribution < -0.4 is 4.90 Å². The highest BCUT2D eigenvalue weighted by molar-refractivity contribution is 5.76. The fraction of sp³-hybridized carbons (Fsp3) is 0.118. The molecule has 0 aliphatic heterocycles. The molecular weight excluding hydrogens is 309 g/mol. The molecule has 24 heavy (non-hydrogen) atoms. The smallest absolute Gasteiger partial charge is 0.231 e. The van der Waals surface area contributed by atoms with E-state index < -0.39 is 0 Å². The van der Waals surface area contributed by atoms with Gasteiger partial charge in [0.1, 0.15) is 11.5 Å². The summed E-state index contributed by atoms with van der Waals surface area (Å²) in [5.41, 5.74) is 3.03. The van der Waals surface area contributed by atoms with Gasteiger partial charge < -0.3 is 9.32 Å². The summed E-state index contributed by atoms with van der Waals surface area (Å²) in [5.74, 6) is 1.04. The SMILES string of the molecule is CN(C)c1nnc2ccc(-c3ocnc3-c3ccc(F)cc3)cn12. The first-order valence-electron chi connectivity index (χ1n) is 7.35. The second-order valence-corrected chi connectivity index (χ2v) is 5.58. The van der Waals surface area contributed by atoms with Crippen molar-refractivity contribution < 1.29 is 8.81 Å². The van der Waals surface area contributed by atoms with Gasteiger partial charge in [-0.1, -0.05) is 0 Å². The molecule has 0 fully saturated rings. The number of nitrogens with zero attached hydrogens (tertiary/aromatic N) is 5. The Morgan fingerprint density at radius 2 is 1.75 bits per heavy atom. The Labute approximate surface area is 137 Å². The molecule has 0 spiro atoms. The lowest BCUT2D eigenvalue weighted by Gasteiger charge is -2.09. The second-order valence-electron chi connectivity index (χ2n) is 5.58. The summed E-state index contributed by atoms with van der Waals surface area (Å²) in [7, 11) is 3.81. The van der Waals surface area contributed by atoms with E-state index in [1.54, 1.807) is 12.1 Å². The summed E-state index contributed by atoms with van der Waals surface area (Å²) < 4.78 is 20.6. The van der Waals surface area contributed by atoms with Crippen molar-refractivity contribution in [2.45, 2.75) is 0 Å². The van der Waals surface area contributed by atoms with Crippen LogP contribution in [0.4, 0.5) is 10.3 Å². The Balaban J connectivity index is 1.85. The van der Waals surface area contributed by atoms with Crippen LogP contribution in [0.2, 0.25) is 0 Å². The standard InChI is InChI=1S/C17H14FN5O/c1-22(2)17-21-20-14-8-5-12(9-23(14)17)16-15(19-10-24-16)11-3-6-13(18)7-4-11/h3-10H,1-2H3. The first kappa shape index (κ1) is 14.4. The van der Waals surface area contributed by atoms with Crippen LogP contribution in [0.25, 0.3) is 28.2 Å². The van der Waals surface area contributed by atoms with Gasteiger partial charge in [-0.25, -0.2) is 9.37 Å². The van der Waals surface area contributed by atoms with E-state index in [1.165, 1.54) is 18.5 Å². The molecule has 0 atom stereocenters. The van der Waals surface area contributed by atoms with Crippen LogP contribution in [0.15, 0.2) is 53.4 Å². The normalized spacial score (nSPS) is 11.1. The monoisotopic (exact) mass is 323 g/mol. The van der Waals surface area contributed by atoms with Gasteiger partial charge in [0.2, 0.25) is 5.95 Å². The van der Waals surface area contributed by atoms with E-state index >= 15 is 0 Å². The summed E-state index contributed by atoms with van der Waals surface area (Å²) in [4.78, 5) is 6.16. The minimum absolute atomic E-state index is 0.287. The molecule has 7 heteroatoms. The van der Waals surface area contributed by atoms with Crippen molar-refractivity contribution >= 4 is 11.6 Å². The summed E-state index contributed by atoms with van der Waals surface area (Å²) in [6, 6.07) is 9.93. The molecule has 0 amide bonds. The average Bonchev–Trinajstić information content (AvgIpc) is 3.21. The molecule has 0 saturated heterocycles. The fourth-order valence-electron chi connectivity index (χ4n) is 2.58. The molecule has 0 aliphatic carbocycles. The molecule has 1 aromatic carbocycles. The molecule has 0 N–H and O–H groups in total. The maximum absolute atomic E-state index is 13.1. The number of oxazole rings is 1. The maximum Gasteiger partial charge on any atom is 0.231 e. The van der Waals surface area contributed by atoms with E-state index in [9.17, 15) is 4.39 Å². The Kier molecular flexibility index (Phi) is 3.26. The van der Waals surface area contributed by atoms with E-state index in [0.29, 0.717) is 11.5 Å². The molecule has 4 rings (SSSR count). The molecule has 0 bridgehead atoms. The van der Waals surface area contributed by atoms with Gasteiger partial charge in [0.05, 0.1) is 0 Å². The van der Waals surface area contributed by atoms with Crippen LogP contribution in [0, 0.1) is 5.82 Å². The summed E-state index contributed by atoms with van der Waals surface area (Å²) in [6.07, 6.45) is 3.29. The van der Waals surface area contributed by atoms with Crippen molar-refractivity contribution in [1.29, 1.82) is 0 Å². The molecule has 0 aliphatic rings. The van der Waals surface area contributed by atoms with Gasteiger partial charge in [-0.05, 0) is 36.4 Å². The number of fused-ring (bicyclic) bond motifs is 1. The van der Waals surface area contributed by atoms with Gasteiger partial charge in [-0.2, -0.15) is 0 Å². The highest BCUT2D eigenvalue weighted by atomic mass is 19.1. The van der Waals surface area contributed by atoms with Crippen LogP contribution in [0.1, 0.15) is 0 Å². The second kappa shape index (κ2) is 5.45. The average molecular weight is 323 g/mol. The fourth-order valence-corrected chi connectivity index (χ4v) is 2.58. The van der Waals surface area contributed by atoms with Crippen LogP contribution in [0.3, 0.4) is 0 Å². The number of rotatable bonds is 3. The lowest BCUT2D eigenvalue weighted by Crippen LogP contribution is -2.12. The van der Waals surface area contributed by atoms with Gasteiger partial charge in [0.15, 0.2) is 17.8 Å². The van der Waals surface area contributed by atoms with E-state index in [4.69, 9.17) is 4.42 Å². The van der Waals surface area contributed by atoms with Gasteiger partial charge >= 0.3 is 0 Å². The minimum Gasteiger partial charge on any atom is -0.443 e. The summed E-state index contributed by atoms with van der Waals surface area (Å²) >= 11 is 0. The molecule has 0 unspecified atom stereocenters. The lowest BCUT2D eigenvalue weighted by molar-refractivity contribution is 0.572. The highest BCUT2D eigenvalue weighted by Gasteiger charge is 2.15. The molecule has 4 aromatic rings. The zero-order chi connectivity index (χ0) is 16.7. The van der Waals surface area contributed by atoms with Crippen molar-refractivity contribution in [3.8, 4) is 22.6 Å². The predicted molar refractivity (Wildman–Crippen MR) is 88.2 cm³/mol. The Morgan fingerprint density at radius 1 is 1.00 bits per heavy atom. The lowest BCUT2D eigenvalue weighted by atomic mass is 10.1. The number of anilines is 1. The Morgan fingerprint density at radius 3 is 2.50 bits per heavy atom. The van der Waals surface area contributed by atoms with Crippen molar-refractivity contribution in [2.75, 3.05) is 19.0 Å². The first-order valence-corrected chi connectivity index (χ1v) is 7.35. The number of pyridine rings is 1. The molecule has 3 heterocycles. The van der Waals surface area contributed by atoms with Gasteiger partial charge in [-0.3, -0.25) is 4.40 Å². The zero-order valence-corrected chi connectivity index (χ0v) is 13.1. The Bertz CT molecular complexity index is 1000. The van der Waals surface area contributed by atoms with Gasteiger partial charge in [-0.15, -0.1) is 10.2 Å². The van der Waals surface area contributed by atoms with Gasteiger partial charge in [0, 0.05) is 31.4 Å². The highest BCUT2D eigenvalue weighted by Crippen LogP contribution is 2.31. The molecule has 6 nitrogen and oxygen atoms in total. The quantitative estimate of drug-likeness (QED) is 0.579. The van der Waals surface area contributed by atoms with Crippen molar-refractivity contribution in [1.82, 2.24) is 19.6 Å². The minimum atomic E-state index is -0.287. The topological polar surface area (TPSA) is 59.5 Å².